The maximum absolute atomic E-state index is 11.1. The first-order valence-corrected chi connectivity index (χ1v) is 5.23. The van der Waals surface area contributed by atoms with Crippen molar-refractivity contribution < 1.29 is 9.90 Å². The van der Waals surface area contributed by atoms with Crippen molar-refractivity contribution in [3.8, 4) is 0 Å². The molecule has 3 nitrogen and oxygen atoms in total. The van der Waals surface area contributed by atoms with Crippen LogP contribution >= 0.6 is 11.3 Å². The number of amides is 1. The van der Waals surface area contributed by atoms with E-state index in [4.69, 9.17) is 5.11 Å². The summed E-state index contributed by atoms with van der Waals surface area (Å²) in [6, 6.07) is 3.78. The van der Waals surface area contributed by atoms with Crippen LogP contribution in [0.2, 0.25) is 0 Å². The van der Waals surface area contributed by atoms with Crippen LogP contribution in [-0.4, -0.2) is 16.7 Å². The Hall–Kier alpha value is -1.03. The summed E-state index contributed by atoms with van der Waals surface area (Å²) in [5.74, 6) is 0. The molecule has 1 amide bonds. The first kappa shape index (κ1) is 11.0. The third-order valence-corrected chi connectivity index (χ3v) is 2.79. The maximum atomic E-state index is 11.1. The van der Waals surface area contributed by atoms with E-state index in [-0.39, 0.29) is 0 Å². The van der Waals surface area contributed by atoms with Gasteiger partial charge in [0, 0.05) is 10.4 Å². The van der Waals surface area contributed by atoms with Crippen molar-refractivity contribution in [2.75, 3.05) is 4.90 Å². The fourth-order valence-electron chi connectivity index (χ4n) is 1.25. The number of hydrogen-bond donors (Lipinski definition) is 1. The standard InChI is InChI=1S/C10H15NO2S/c1-7-5-6-8(14-7)11(9(12)13)10(2,3)4/h5-6H,1-4H3,(H,12,13). The number of nitrogens with zero attached hydrogens (tertiary/aromatic N) is 1. The molecule has 0 fully saturated rings. The van der Waals surface area contributed by atoms with E-state index in [9.17, 15) is 4.79 Å². The van der Waals surface area contributed by atoms with Gasteiger partial charge in [-0.1, -0.05) is 0 Å². The van der Waals surface area contributed by atoms with E-state index in [2.05, 4.69) is 0 Å². The second kappa shape index (κ2) is 3.61. The van der Waals surface area contributed by atoms with Gasteiger partial charge < -0.3 is 5.11 Å². The molecule has 0 atom stereocenters. The van der Waals surface area contributed by atoms with Crippen LogP contribution < -0.4 is 4.90 Å². The largest absolute Gasteiger partial charge is 0.465 e. The molecule has 1 aromatic rings. The quantitative estimate of drug-likeness (QED) is 0.777. The smallest absolute Gasteiger partial charge is 0.412 e. The van der Waals surface area contributed by atoms with Crippen LogP contribution in [0.4, 0.5) is 9.80 Å². The Morgan fingerprint density at radius 2 is 2.00 bits per heavy atom. The zero-order valence-corrected chi connectivity index (χ0v) is 9.68. The topological polar surface area (TPSA) is 40.5 Å². The monoisotopic (exact) mass is 213 g/mol. The molecule has 0 aliphatic rings. The average molecular weight is 213 g/mol. The van der Waals surface area contributed by atoms with Crippen LogP contribution in [0.5, 0.6) is 0 Å². The SMILES string of the molecule is Cc1ccc(N(C(=O)O)C(C)(C)C)s1. The third-order valence-electron chi connectivity index (χ3n) is 1.81. The number of aryl methyl sites for hydroxylation is 1. The Bertz CT molecular complexity index is 338. The van der Waals surface area contributed by atoms with Gasteiger partial charge in [0.25, 0.3) is 0 Å². The van der Waals surface area contributed by atoms with E-state index in [1.165, 1.54) is 16.2 Å². The predicted octanol–water partition coefficient (Wildman–Crippen LogP) is 3.34. The third kappa shape index (κ3) is 2.26. The van der Waals surface area contributed by atoms with Crippen LogP contribution in [-0.2, 0) is 0 Å². The number of thiophene rings is 1. The molecular weight excluding hydrogens is 198 g/mol. The van der Waals surface area contributed by atoms with Crippen molar-refractivity contribution in [1.82, 2.24) is 0 Å². The van der Waals surface area contributed by atoms with Gasteiger partial charge in [0.15, 0.2) is 0 Å². The molecule has 14 heavy (non-hydrogen) atoms. The number of rotatable bonds is 1. The summed E-state index contributed by atoms with van der Waals surface area (Å²) < 4.78 is 0. The summed E-state index contributed by atoms with van der Waals surface area (Å²) in [4.78, 5) is 13.6. The molecule has 0 saturated heterocycles. The van der Waals surface area contributed by atoms with Gasteiger partial charge in [0.2, 0.25) is 0 Å². The van der Waals surface area contributed by atoms with Crippen molar-refractivity contribution >= 4 is 22.4 Å². The molecule has 78 valence electrons. The molecule has 1 N–H and O–H groups in total. The lowest BCUT2D eigenvalue weighted by Crippen LogP contribution is -2.44. The zero-order chi connectivity index (χ0) is 10.9. The molecule has 1 heterocycles. The lowest BCUT2D eigenvalue weighted by atomic mass is 10.1. The Kier molecular flexibility index (Phi) is 2.85. The van der Waals surface area contributed by atoms with Crippen LogP contribution in [0.25, 0.3) is 0 Å². The normalized spacial score (nSPS) is 11.4. The molecule has 1 aromatic heterocycles. The molecule has 0 aliphatic carbocycles. The highest BCUT2D eigenvalue weighted by Crippen LogP contribution is 2.30. The van der Waals surface area contributed by atoms with Gasteiger partial charge in [-0.2, -0.15) is 0 Å². The Labute approximate surface area is 88.0 Å². The molecule has 1 rings (SSSR count). The number of hydrogen-bond acceptors (Lipinski definition) is 2. The highest BCUT2D eigenvalue weighted by atomic mass is 32.1. The van der Waals surface area contributed by atoms with Gasteiger partial charge in [-0.25, -0.2) is 4.79 Å². The van der Waals surface area contributed by atoms with Crippen molar-refractivity contribution in [1.29, 1.82) is 0 Å². The summed E-state index contributed by atoms with van der Waals surface area (Å²) in [6.45, 7) is 7.62. The van der Waals surface area contributed by atoms with Crippen LogP contribution in [0.3, 0.4) is 0 Å². The van der Waals surface area contributed by atoms with E-state index < -0.39 is 11.6 Å². The number of anilines is 1. The molecule has 0 spiro atoms. The maximum Gasteiger partial charge on any atom is 0.412 e. The molecule has 4 heteroatoms. The molecule has 0 radical (unpaired) electrons. The van der Waals surface area contributed by atoms with Crippen molar-refractivity contribution in [3.63, 3.8) is 0 Å². The minimum atomic E-state index is -0.903. The summed E-state index contributed by atoms with van der Waals surface area (Å²) in [5, 5.41) is 9.88. The number of carboxylic acid groups (broad SMARTS) is 1. The molecule has 0 aromatic carbocycles. The Balaban J connectivity index is 3.07. The van der Waals surface area contributed by atoms with E-state index in [1.807, 2.05) is 39.8 Å². The number of carbonyl (C=O) groups is 1. The first-order chi connectivity index (χ1) is 6.32. The van der Waals surface area contributed by atoms with Crippen molar-refractivity contribution in [3.05, 3.63) is 17.0 Å². The van der Waals surface area contributed by atoms with Gasteiger partial charge in [-0.05, 0) is 39.8 Å². The minimum absolute atomic E-state index is 0.400. The zero-order valence-electron chi connectivity index (χ0n) is 8.87. The van der Waals surface area contributed by atoms with Gasteiger partial charge in [-0.15, -0.1) is 11.3 Å². The average Bonchev–Trinajstić information content (AvgIpc) is 2.31. The Morgan fingerprint density at radius 1 is 1.43 bits per heavy atom. The summed E-state index contributed by atoms with van der Waals surface area (Å²) in [7, 11) is 0. The molecule has 0 saturated carbocycles. The first-order valence-electron chi connectivity index (χ1n) is 4.42. The summed E-state index contributed by atoms with van der Waals surface area (Å²) in [5.41, 5.74) is -0.400. The molecule has 0 unspecified atom stereocenters. The molecule has 0 aliphatic heterocycles. The summed E-state index contributed by atoms with van der Waals surface area (Å²) in [6.07, 6.45) is -0.903. The second-order valence-corrected chi connectivity index (χ2v) is 5.44. The summed E-state index contributed by atoms with van der Waals surface area (Å²) >= 11 is 1.50. The lowest BCUT2D eigenvalue weighted by molar-refractivity contribution is 0.196. The highest BCUT2D eigenvalue weighted by Gasteiger charge is 2.28. The van der Waals surface area contributed by atoms with E-state index in [0.29, 0.717) is 0 Å². The van der Waals surface area contributed by atoms with E-state index in [0.717, 1.165) is 9.88 Å². The minimum Gasteiger partial charge on any atom is -0.465 e. The lowest BCUT2D eigenvalue weighted by Gasteiger charge is -2.31. The van der Waals surface area contributed by atoms with Crippen LogP contribution in [0.1, 0.15) is 25.6 Å². The van der Waals surface area contributed by atoms with Crippen LogP contribution in [0.15, 0.2) is 12.1 Å². The Morgan fingerprint density at radius 3 is 2.29 bits per heavy atom. The van der Waals surface area contributed by atoms with Crippen molar-refractivity contribution in [2.24, 2.45) is 0 Å². The molecule has 0 bridgehead atoms. The van der Waals surface area contributed by atoms with Gasteiger partial charge >= 0.3 is 6.09 Å². The second-order valence-electron chi connectivity index (χ2n) is 4.17. The van der Waals surface area contributed by atoms with Gasteiger partial charge in [-0.3, -0.25) is 4.90 Å². The van der Waals surface area contributed by atoms with Gasteiger partial charge in [0.1, 0.15) is 5.00 Å². The predicted molar refractivity (Wildman–Crippen MR) is 59.3 cm³/mol. The van der Waals surface area contributed by atoms with Crippen LogP contribution in [0, 0.1) is 6.92 Å². The van der Waals surface area contributed by atoms with Gasteiger partial charge in [0.05, 0.1) is 0 Å². The fraction of sp³-hybridized carbons (Fsp3) is 0.500. The van der Waals surface area contributed by atoms with Crippen molar-refractivity contribution in [2.45, 2.75) is 33.2 Å². The molecular formula is C10H15NO2S. The van der Waals surface area contributed by atoms with E-state index >= 15 is 0 Å². The fourth-order valence-corrected chi connectivity index (χ4v) is 2.30. The van der Waals surface area contributed by atoms with E-state index in [1.54, 1.807) is 0 Å². The highest BCUT2D eigenvalue weighted by molar-refractivity contribution is 7.16.